The van der Waals surface area contributed by atoms with Crippen LogP contribution in [0.3, 0.4) is 0 Å². The van der Waals surface area contributed by atoms with E-state index >= 15 is 0 Å². The summed E-state index contributed by atoms with van der Waals surface area (Å²) in [4.78, 5) is 12.3. The van der Waals surface area contributed by atoms with Gasteiger partial charge in [0.2, 0.25) is 0 Å². The third kappa shape index (κ3) is 1.25. The molecule has 1 aliphatic carbocycles. The van der Waals surface area contributed by atoms with E-state index in [1.54, 1.807) is 0 Å². The molecule has 0 aromatic heterocycles. The van der Waals surface area contributed by atoms with Crippen LogP contribution in [0.2, 0.25) is 0 Å². The van der Waals surface area contributed by atoms with Crippen molar-refractivity contribution >= 4 is 5.97 Å². The summed E-state index contributed by atoms with van der Waals surface area (Å²) in [5.74, 6) is 0.110. The van der Waals surface area contributed by atoms with E-state index in [0.717, 1.165) is 19.4 Å². The van der Waals surface area contributed by atoms with Gasteiger partial charge in [-0.15, -0.1) is 0 Å². The zero-order valence-corrected chi connectivity index (χ0v) is 8.77. The van der Waals surface area contributed by atoms with Gasteiger partial charge in [0.1, 0.15) is 0 Å². The number of carboxylic acid groups (broad SMARTS) is 1. The van der Waals surface area contributed by atoms with Crippen molar-refractivity contribution in [2.75, 3.05) is 6.54 Å². The number of quaternary nitrogens is 1. The third-order valence-corrected chi connectivity index (χ3v) is 3.50. The predicted octanol–water partition coefficient (Wildman–Crippen LogP) is -3.47. The average molecular weight is 206 g/mol. The van der Waals surface area contributed by atoms with Crippen molar-refractivity contribution in [3.05, 3.63) is 0 Å². The van der Waals surface area contributed by atoms with Crippen LogP contribution in [0.1, 0.15) is 26.7 Å². The summed E-state index contributed by atoms with van der Waals surface area (Å²) in [5.41, 5.74) is -0.390. The van der Waals surface area contributed by atoms with Crippen molar-refractivity contribution in [3.63, 3.8) is 0 Å². The van der Waals surface area contributed by atoms with Crippen LogP contribution in [-0.4, -0.2) is 29.2 Å². The highest BCUT2D eigenvalue weighted by atomic mass is 35.5. The normalized spacial score (nSPS) is 41.2. The molecule has 3 aliphatic rings. The van der Waals surface area contributed by atoms with Gasteiger partial charge in [0.15, 0.2) is 5.54 Å². The van der Waals surface area contributed by atoms with Gasteiger partial charge < -0.3 is 22.4 Å². The Morgan fingerprint density at radius 2 is 2.08 bits per heavy atom. The topological polar surface area (TPSA) is 41.7 Å². The molecule has 3 nitrogen and oxygen atoms in total. The summed E-state index contributed by atoms with van der Waals surface area (Å²) in [6, 6.07) is 0.452. The van der Waals surface area contributed by atoms with Crippen molar-refractivity contribution in [3.8, 4) is 0 Å². The lowest BCUT2D eigenvalue weighted by Crippen LogP contribution is -3.20. The molecule has 2 bridgehead atoms. The van der Waals surface area contributed by atoms with E-state index in [9.17, 15) is 4.79 Å². The molecule has 13 heavy (non-hydrogen) atoms. The predicted molar refractivity (Wildman–Crippen MR) is 44.1 cm³/mol. The molecular weight excluding hydrogens is 190 g/mol. The Morgan fingerprint density at radius 1 is 1.54 bits per heavy atom. The Balaban J connectivity index is 0.000000845. The highest BCUT2D eigenvalue weighted by Gasteiger charge is 2.66. The van der Waals surface area contributed by atoms with Gasteiger partial charge in [-0.1, -0.05) is 0 Å². The number of hydrogen-bond donors (Lipinski definition) is 2. The lowest BCUT2D eigenvalue weighted by molar-refractivity contribution is -0.942. The summed E-state index contributed by atoms with van der Waals surface area (Å²) < 4.78 is 0. The van der Waals surface area contributed by atoms with Crippen LogP contribution in [-0.2, 0) is 4.79 Å². The second kappa shape index (κ2) is 3.14. The fourth-order valence-corrected chi connectivity index (χ4v) is 2.94. The maximum Gasteiger partial charge on any atom is 0.365 e. The number of halogens is 1. The van der Waals surface area contributed by atoms with Crippen molar-refractivity contribution in [1.29, 1.82) is 0 Å². The Hall–Kier alpha value is -0.280. The van der Waals surface area contributed by atoms with Gasteiger partial charge in [-0.05, 0) is 13.8 Å². The first-order valence-corrected chi connectivity index (χ1v) is 4.66. The fraction of sp³-hybridized carbons (Fsp3) is 0.889. The molecule has 0 radical (unpaired) electrons. The van der Waals surface area contributed by atoms with E-state index in [1.165, 1.54) is 4.90 Å². The van der Waals surface area contributed by atoms with Crippen LogP contribution in [0.15, 0.2) is 0 Å². The average Bonchev–Trinajstić information content (AvgIpc) is 2.35. The van der Waals surface area contributed by atoms with Crippen molar-refractivity contribution < 1.29 is 27.2 Å². The van der Waals surface area contributed by atoms with Crippen LogP contribution in [0.4, 0.5) is 0 Å². The second-order valence-corrected chi connectivity index (χ2v) is 4.55. The Kier molecular flexibility index (Phi) is 2.61. The SMILES string of the molecule is CC(C)[NH+]1CC2CC1(C(=O)O)C2.[Cl-]. The largest absolute Gasteiger partial charge is 1.00 e. The minimum Gasteiger partial charge on any atom is -1.00 e. The number of rotatable bonds is 2. The van der Waals surface area contributed by atoms with E-state index in [1.807, 2.05) is 0 Å². The molecule has 1 saturated carbocycles. The number of fused-ring (bicyclic) bond motifs is 1. The number of nitrogens with one attached hydrogen (secondary N) is 1. The molecule has 4 heteroatoms. The first-order chi connectivity index (χ1) is 5.56. The molecule has 2 saturated heterocycles. The molecule has 0 spiro atoms. The van der Waals surface area contributed by atoms with Crippen LogP contribution < -0.4 is 17.3 Å². The molecule has 2 heterocycles. The number of carbonyl (C=O) groups is 1. The zero-order chi connectivity index (χ0) is 8.93. The molecule has 3 rings (SSSR count). The second-order valence-electron chi connectivity index (χ2n) is 4.55. The molecular formula is C9H16ClNO2. The number of hydrogen-bond acceptors (Lipinski definition) is 1. The maximum atomic E-state index is 11.1. The summed E-state index contributed by atoms with van der Waals surface area (Å²) in [5, 5.41) is 9.11. The molecule has 1 unspecified atom stereocenters. The van der Waals surface area contributed by atoms with Crippen LogP contribution in [0, 0.1) is 5.92 Å². The smallest absolute Gasteiger partial charge is 0.365 e. The number of carboxylic acids is 1. The van der Waals surface area contributed by atoms with Crippen LogP contribution in [0.5, 0.6) is 0 Å². The van der Waals surface area contributed by atoms with Crippen LogP contribution >= 0.6 is 0 Å². The van der Waals surface area contributed by atoms with E-state index in [4.69, 9.17) is 5.11 Å². The van der Waals surface area contributed by atoms with Gasteiger partial charge >= 0.3 is 5.97 Å². The summed E-state index contributed by atoms with van der Waals surface area (Å²) in [6.07, 6.45) is 1.83. The van der Waals surface area contributed by atoms with E-state index in [2.05, 4.69) is 13.8 Å². The fourth-order valence-electron chi connectivity index (χ4n) is 2.94. The van der Waals surface area contributed by atoms with Crippen molar-refractivity contribution in [2.24, 2.45) is 5.92 Å². The zero-order valence-electron chi connectivity index (χ0n) is 8.01. The number of aliphatic carboxylic acids is 1. The first-order valence-electron chi connectivity index (χ1n) is 4.66. The Bertz CT molecular complexity index is 224. The van der Waals surface area contributed by atoms with Crippen molar-refractivity contribution in [2.45, 2.75) is 38.3 Å². The van der Waals surface area contributed by atoms with Gasteiger partial charge in [-0.3, -0.25) is 0 Å². The minimum absolute atomic E-state index is 0. The molecule has 0 amide bonds. The molecule has 2 N–H and O–H groups in total. The van der Waals surface area contributed by atoms with Crippen molar-refractivity contribution in [1.82, 2.24) is 0 Å². The van der Waals surface area contributed by atoms with E-state index in [0.29, 0.717) is 12.0 Å². The van der Waals surface area contributed by atoms with Gasteiger partial charge in [-0.25, -0.2) is 4.79 Å². The molecule has 2 aliphatic heterocycles. The molecule has 0 aromatic rings. The lowest BCUT2D eigenvalue weighted by atomic mass is 9.73. The molecule has 0 aromatic carbocycles. The quantitative estimate of drug-likeness (QED) is 0.492. The van der Waals surface area contributed by atoms with Gasteiger partial charge in [0, 0.05) is 18.8 Å². The molecule has 3 fully saturated rings. The standard InChI is InChI=1S/C9H15NO2.ClH/c1-6(2)10-5-7-3-9(10,4-7)8(11)12;/h6-7H,3-5H2,1-2H3,(H,11,12);1H. The summed E-state index contributed by atoms with van der Waals surface area (Å²) >= 11 is 0. The minimum atomic E-state index is -0.583. The van der Waals surface area contributed by atoms with E-state index < -0.39 is 11.5 Å². The van der Waals surface area contributed by atoms with Gasteiger partial charge in [0.25, 0.3) is 0 Å². The van der Waals surface area contributed by atoms with E-state index in [-0.39, 0.29) is 12.4 Å². The Morgan fingerprint density at radius 3 is 2.38 bits per heavy atom. The van der Waals surface area contributed by atoms with Crippen LogP contribution in [0.25, 0.3) is 0 Å². The monoisotopic (exact) mass is 205 g/mol. The summed E-state index contributed by atoms with van der Waals surface area (Å²) in [7, 11) is 0. The lowest BCUT2D eigenvalue weighted by Gasteiger charge is -2.35. The maximum absolute atomic E-state index is 11.1. The first kappa shape index (κ1) is 10.8. The Labute approximate surface area is 84.5 Å². The van der Waals surface area contributed by atoms with Gasteiger partial charge in [-0.2, -0.15) is 0 Å². The highest BCUT2D eigenvalue weighted by molar-refractivity contribution is 5.78. The molecule has 76 valence electrons. The highest BCUT2D eigenvalue weighted by Crippen LogP contribution is 2.40. The molecule has 1 atom stereocenters. The third-order valence-electron chi connectivity index (χ3n) is 3.50. The van der Waals surface area contributed by atoms with Gasteiger partial charge in [0.05, 0.1) is 12.6 Å². The summed E-state index contributed by atoms with van der Waals surface area (Å²) in [6.45, 7) is 5.30.